The Morgan fingerprint density at radius 2 is 2.27 bits per heavy atom. The monoisotopic (exact) mass is 302 g/mol. The number of aryl methyl sites for hydroxylation is 2. The molecule has 0 saturated carbocycles. The minimum Gasteiger partial charge on any atom is -0.443 e. The zero-order valence-electron chi connectivity index (χ0n) is 13.3. The predicted octanol–water partition coefficient (Wildman–Crippen LogP) is 2.19. The summed E-state index contributed by atoms with van der Waals surface area (Å²) >= 11 is 0. The fourth-order valence-electron chi connectivity index (χ4n) is 3.11. The highest BCUT2D eigenvalue weighted by Gasteiger charge is 2.28. The zero-order valence-corrected chi connectivity index (χ0v) is 13.3. The third-order valence-corrected chi connectivity index (χ3v) is 4.39. The lowest BCUT2D eigenvalue weighted by Gasteiger charge is -2.33. The Kier molecular flexibility index (Phi) is 4.00. The van der Waals surface area contributed by atoms with E-state index in [0.717, 1.165) is 41.9 Å². The van der Waals surface area contributed by atoms with E-state index in [4.69, 9.17) is 4.42 Å². The number of hydrogen-bond donors (Lipinski definition) is 1. The van der Waals surface area contributed by atoms with Gasteiger partial charge in [0.25, 0.3) is 0 Å². The van der Waals surface area contributed by atoms with E-state index in [1.165, 1.54) is 6.33 Å². The number of carbonyl (C=O) groups excluding carboxylic acids is 1. The van der Waals surface area contributed by atoms with Gasteiger partial charge in [-0.1, -0.05) is 0 Å². The molecule has 2 aromatic heterocycles. The minimum atomic E-state index is 0.0204. The summed E-state index contributed by atoms with van der Waals surface area (Å²) in [6, 6.07) is 0. The quantitative estimate of drug-likeness (QED) is 0.941. The Hall–Kier alpha value is -2.11. The summed E-state index contributed by atoms with van der Waals surface area (Å²) in [4.78, 5) is 23.0. The zero-order chi connectivity index (χ0) is 15.7. The highest BCUT2D eigenvalue weighted by atomic mass is 16.3. The number of fused-ring (bicyclic) bond motifs is 1. The van der Waals surface area contributed by atoms with Crippen molar-refractivity contribution >= 4 is 22.8 Å². The molecule has 22 heavy (non-hydrogen) atoms. The van der Waals surface area contributed by atoms with E-state index in [1.54, 1.807) is 0 Å². The average molecular weight is 302 g/mol. The average Bonchev–Trinajstić information content (AvgIpc) is 2.82. The van der Waals surface area contributed by atoms with E-state index >= 15 is 0 Å². The van der Waals surface area contributed by atoms with E-state index in [-0.39, 0.29) is 11.8 Å². The summed E-state index contributed by atoms with van der Waals surface area (Å²) < 4.78 is 5.69. The Balaban J connectivity index is 1.92. The predicted molar refractivity (Wildman–Crippen MR) is 84.9 cm³/mol. The third-order valence-electron chi connectivity index (χ3n) is 4.39. The van der Waals surface area contributed by atoms with E-state index in [0.29, 0.717) is 18.8 Å². The fourth-order valence-corrected chi connectivity index (χ4v) is 3.11. The van der Waals surface area contributed by atoms with Gasteiger partial charge in [-0.15, -0.1) is 0 Å². The molecule has 0 aliphatic carbocycles. The Morgan fingerprint density at radius 3 is 3.05 bits per heavy atom. The van der Waals surface area contributed by atoms with Crippen LogP contribution in [0.5, 0.6) is 0 Å². The second kappa shape index (κ2) is 5.94. The molecule has 0 bridgehead atoms. The molecule has 3 heterocycles. The van der Waals surface area contributed by atoms with Crippen LogP contribution in [-0.2, 0) is 4.79 Å². The van der Waals surface area contributed by atoms with Crippen LogP contribution in [0.2, 0.25) is 0 Å². The molecule has 1 saturated heterocycles. The van der Waals surface area contributed by atoms with E-state index in [9.17, 15) is 4.79 Å². The van der Waals surface area contributed by atoms with Gasteiger partial charge < -0.3 is 14.6 Å². The molecule has 0 aromatic carbocycles. The summed E-state index contributed by atoms with van der Waals surface area (Å²) in [6.07, 6.45) is 3.46. The molecule has 3 rings (SSSR count). The van der Waals surface area contributed by atoms with Gasteiger partial charge in [0.1, 0.15) is 17.9 Å². The Bertz CT molecular complexity index is 695. The molecule has 2 aromatic rings. The van der Waals surface area contributed by atoms with Crippen molar-refractivity contribution in [3.8, 4) is 0 Å². The first kappa shape index (κ1) is 14.8. The topological polar surface area (TPSA) is 71.3 Å². The van der Waals surface area contributed by atoms with Crippen LogP contribution in [0.4, 0.5) is 5.82 Å². The highest BCUT2D eigenvalue weighted by Crippen LogP contribution is 2.32. The normalized spacial score (nSPS) is 18.7. The van der Waals surface area contributed by atoms with Crippen molar-refractivity contribution in [2.75, 3.05) is 24.5 Å². The van der Waals surface area contributed by atoms with Crippen molar-refractivity contribution in [3.05, 3.63) is 17.7 Å². The smallest absolute Gasteiger partial charge is 0.231 e. The number of amides is 1. The molecule has 118 valence electrons. The van der Waals surface area contributed by atoms with Gasteiger partial charge in [0.2, 0.25) is 11.6 Å². The van der Waals surface area contributed by atoms with Crippen LogP contribution < -0.4 is 10.2 Å². The highest BCUT2D eigenvalue weighted by molar-refractivity contribution is 5.90. The number of aromatic nitrogens is 2. The van der Waals surface area contributed by atoms with Crippen LogP contribution in [-0.4, -0.2) is 35.5 Å². The maximum absolute atomic E-state index is 12.1. The standard InChI is InChI=1S/C16H22N4O2/c1-4-17-15(21)12-6-5-7-20(8-12)14-13-10(2)11(3)22-16(13)19-9-18-14/h9,12H,4-8H2,1-3H3,(H,17,21). The molecule has 1 fully saturated rings. The third kappa shape index (κ3) is 2.53. The number of hydrogen-bond acceptors (Lipinski definition) is 5. The van der Waals surface area contributed by atoms with Crippen molar-refractivity contribution in [1.82, 2.24) is 15.3 Å². The molecular formula is C16H22N4O2. The van der Waals surface area contributed by atoms with Crippen LogP contribution in [0, 0.1) is 19.8 Å². The first-order valence-corrected chi connectivity index (χ1v) is 7.85. The maximum Gasteiger partial charge on any atom is 0.231 e. The van der Waals surface area contributed by atoms with E-state index in [1.807, 2.05) is 20.8 Å². The SMILES string of the molecule is CCNC(=O)C1CCCN(c2ncnc3oc(C)c(C)c23)C1. The number of nitrogens with zero attached hydrogens (tertiary/aromatic N) is 3. The lowest BCUT2D eigenvalue weighted by atomic mass is 9.97. The number of piperidine rings is 1. The summed E-state index contributed by atoms with van der Waals surface area (Å²) in [6.45, 7) is 8.19. The molecule has 0 spiro atoms. The maximum atomic E-state index is 12.1. The van der Waals surface area contributed by atoms with E-state index in [2.05, 4.69) is 20.2 Å². The largest absolute Gasteiger partial charge is 0.443 e. The van der Waals surface area contributed by atoms with Gasteiger partial charge in [0, 0.05) is 25.2 Å². The van der Waals surface area contributed by atoms with Crippen molar-refractivity contribution in [1.29, 1.82) is 0 Å². The van der Waals surface area contributed by atoms with Gasteiger partial charge in [-0.2, -0.15) is 0 Å². The van der Waals surface area contributed by atoms with Crippen molar-refractivity contribution in [3.63, 3.8) is 0 Å². The number of rotatable bonds is 3. The molecule has 1 unspecified atom stereocenters. The molecule has 1 aliphatic rings. The molecule has 6 heteroatoms. The second-order valence-electron chi connectivity index (χ2n) is 5.84. The molecular weight excluding hydrogens is 280 g/mol. The van der Waals surface area contributed by atoms with Gasteiger partial charge in [-0.05, 0) is 33.6 Å². The van der Waals surface area contributed by atoms with Gasteiger partial charge in [-0.25, -0.2) is 9.97 Å². The van der Waals surface area contributed by atoms with Gasteiger partial charge in [-0.3, -0.25) is 4.79 Å². The number of carbonyl (C=O) groups is 1. The van der Waals surface area contributed by atoms with Crippen LogP contribution in [0.25, 0.3) is 11.1 Å². The van der Waals surface area contributed by atoms with Crippen molar-refractivity contribution in [2.45, 2.75) is 33.6 Å². The van der Waals surface area contributed by atoms with Crippen molar-refractivity contribution in [2.24, 2.45) is 5.92 Å². The number of furan rings is 1. The number of nitrogens with one attached hydrogen (secondary N) is 1. The van der Waals surface area contributed by atoms with Crippen LogP contribution in [0.15, 0.2) is 10.7 Å². The molecule has 6 nitrogen and oxygen atoms in total. The molecule has 1 N–H and O–H groups in total. The fraction of sp³-hybridized carbons (Fsp3) is 0.562. The second-order valence-corrected chi connectivity index (χ2v) is 5.84. The first-order chi connectivity index (χ1) is 10.6. The summed E-state index contributed by atoms with van der Waals surface area (Å²) in [5.74, 6) is 1.91. The first-order valence-electron chi connectivity index (χ1n) is 7.85. The lowest BCUT2D eigenvalue weighted by Crippen LogP contribution is -2.43. The molecule has 1 amide bonds. The number of anilines is 1. The van der Waals surface area contributed by atoms with Crippen LogP contribution in [0.3, 0.4) is 0 Å². The summed E-state index contributed by atoms with van der Waals surface area (Å²) in [5.41, 5.74) is 1.70. The van der Waals surface area contributed by atoms with Crippen molar-refractivity contribution < 1.29 is 9.21 Å². The lowest BCUT2D eigenvalue weighted by molar-refractivity contribution is -0.125. The van der Waals surface area contributed by atoms with Crippen LogP contribution in [0.1, 0.15) is 31.1 Å². The summed E-state index contributed by atoms with van der Waals surface area (Å²) in [7, 11) is 0. The van der Waals surface area contributed by atoms with Gasteiger partial charge in [0.05, 0.1) is 11.3 Å². The minimum absolute atomic E-state index is 0.0204. The van der Waals surface area contributed by atoms with E-state index < -0.39 is 0 Å². The summed E-state index contributed by atoms with van der Waals surface area (Å²) in [5, 5.41) is 3.89. The van der Waals surface area contributed by atoms with Gasteiger partial charge >= 0.3 is 0 Å². The Labute approximate surface area is 129 Å². The van der Waals surface area contributed by atoms with Gasteiger partial charge in [0.15, 0.2) is 0 Å². The molecule has 1 aliphatic heterocycles. The van der Waals surface area contributed by atoms with Crippen LogP contribution >= 0.6 is 0 Å². The molecule has 0 radical (unpaired) electrons. The molecule has 1 atom stereocenters. The Morgan fingerprint density at radius 1 is 1.45 bits per heavy atom.